The van der Waals surface area contributed by atoms with Crippen molar-refractivity contribution in [1.82, 2.24) is 4.98 Å². The highest BCUT2D eigenvalue weighted by atomic mass is 16.5. The fourth-order valence-corrected chi connectivity index (χ4v) is 1.60. The number of nitrogens with zero attached hydrogens (tertiary/aromatic N) is 2. The zero-order valence-corrected chi connectivity index (χ0v) is 10.8. The summed E-state index contributed by atoms with van der Waals surface area (Å²) in [5, 5.41) is 11.9. The third-order valence-corrected chi connectivity index (χ3v) is 2.43. The van der Waals surface area contributed by atoms with Crippen molar-refractivity contribution in [2.75, 3.05) is 12.4 Å². The summed E-state index contributed by atoms with van der Waals surface area (Å²) < 4.78 is 4.75. The van der Waals surface area contributed by atoms with Gasteiger partial charge in [0.05, 0.1) is 12.7 Å². The van der Waals surface area contributed by atoms with Crippen LogP contribution in [0.4, 0.5) is 5.82 Å². The van der Waals surface area contributed by atoms with Crippen molar-refractivity contribution in [2.45, 2.75) is 26.3 Å². The molecule has 18 heavy (non-hydrogen) atoms. The van der Waals surface area contributed by atoms with Crippen molar-refractivity contribution >= 4 is 11.8 Å². The summed E-state index contributed by atoms with van der Waals surface area (Å²) >= 11 is 0. The van der Waals surface area contributed by atoms with Crippen LogP contribution in [0.3, 0.4) is 0 Å². The highest BCUT2D eigenvalue weighted by Gasteiger charge is 2.21. The molecule has 0 aliphatic rings. The molecule has 0 aliphatic heterocycles. The molecule has 1 N–H and O–H groups in total. The number of anilines is 1. The van der Waals surface area contributed by atoms with Gasteiger partial charge in [-0.15, -0.1) is 0 Å². The second-order valence-electron chi connectivity index (χ2n) is 4.36. The van der Waals surface area contributed by atoms with E-state index in [0.29, 0.717) is 23.7 Å². The number of rotatable bonds is 5. The van der Waals surface area contributed by atoms with Crippen LogP contribution in [0.15, 0.2) is 18.3 Å². The number of hydrogen-bond acceptors (Lipinski definition) is 5. The second kappa shape index (κ2) is 6.60. The number of ether oxygens (including phenoxy) is 1. The lowest BCUT2D eigenvalue weighted by molar-refractivity contribution is -0.141. The maximum absolute atomic E-state index is 11.7. The Bertz CT molecular complexity index is 452. The first kappa shape index (κ1) is 14.0. The summed E-state index contributed by atoms with van der Waals surface area (Å²) in [6.07, 6.45) is 2.20. The fourth-order valence-electron chi connectivity index (χ4n) is 1.60. The van der Waals surface area contributed by atoms with Crippen LogP contribution in [-0.4, -0.2) is 24.1 Å². The van der Waals surface area contributed by atoms with Crippen LogP contribution in [0.1, 0.15) is 25.8 Å². The summed E-state index contributed by atoms with van der Waals surface area (Å²) in [4.78, 5) is 15.7. The number of pyridine rings is 1. The van der Waals surface area contributed by atoms with E-state index in [1.54, 1.807) is 18.3 Å². The Balaban J connectivity index is 2.89. The number of esters is 1. The average molecular weight is 247 g/mol. The van der Waals surface area contributed by atoms with Gasteiger partial charge in [0.1, 0.15) is 17.9 Å². The van der Waals surface area contributed by atoms with Gasteiger partial charge in [-0.3, -0.25) is 0 Å². The minimum atomic E-state index is -0.489. The zero-order valence-electron chi connectivity index (χ0n) is 10.8. The van der Waals surface area contributed by atoms with Gasteiger partial charge >= 0.3 is 5.97 Å². The highest BCUT2D eigenvalue weighted by molar-refractivity contribution is 5.79. The molecule has 1 aromatic heterocycles. The van der Waals surface area contributed by atoms with Crippen molar-refractivity contribution in [3.8, 4) is 6.07 Å². The van der Waals surface area contributed by atoms with Crippen molar-refractivity contribution in [1.29, 1.82) is 5.26 Å². The third-order valence-electron chi connectivity index (χ3n) is 2.43. The lowest BCUT2D eigenvalue weighted by Crippen LogP contribution is -2.32. The Morgan fingerprint density at radius 2 is 2.33 bits per heavy atom. The van der Waals surface area contributed by atoms with Gasteiger partial charge in [-0.2, -0.15) is 5.26 Å². The molecule has 0 fully saturated rings. The molecule has 0 spiro atoms. The molecule has 1 atom stereocenters. The molecular formula is C13H17N3O2. The predicted octanol–water partition coefficient (Wildman–Crippen LogP) is 1.95. The molecule has 0 saturated heterocycles. The van der Waals surface area contributed by atoms with Gasteiger partial charge in [-0.25, -0.2) is 9.78 Å². The van der Waals surface area contributed by atoms with E-state index < -0.39 is 6.04 Å². The first-order valence-electron chi connectivity index (χ1n) is 5.78. The standard InChI is InChI=1S/C13H17N3O2/c1-9(2)7-11(13(17)18-3)16-12-10(8-14)5-4-6-15-12/h4-6,9,11H,7H2,1-3H3,(H,15,16). The van der Waals surface area contributed by atoms with E-state index in [1.165, 1.54) is 7.11 Å². The van der Waals surface area contributed by atoms with E-state index in [1.807, 2.05) is 19.9 Å². The quantitative estimate of drug-likeness (QED) is 0.805. The summed E-state index contributed by atoms with van der Waals surface area (Å²) in [6.45, 7) is 4.03. The molecule has 1 rings (SSSR count). The molecule has 1 heterocycles. The van der Waals surface area contributed by atoms with Gasteiger partial charge in [0.15, 0.2) is 0 Å². The van der Waals surface area contributed by atoms with Gasteiger partial charge in [0.2, 0.25) is 0 Å². The van der Waals surface area contributed by atoms with Gasteiger partial charge in [0, 0.05) is 6.20 Å². The van der Waals surface area contributed by atoms with Crippen molar-refractivity contribution < 1.29 is 9.53 Å². The van der Waals surface area contributed by atoms with Crippen molar-refractivity contribution in [3.63, 3.8) is 0 Å². The van der Waals surface area contributed by atoms with Gasteiger partial charge in [0.25, 0.3) is 0 Å². The lowest BCUT2D eigenvalue weighted by Gasteiger charge is -2.19. The number of nitriles is 1. The first-order valence-corrected chi connectivity index (χ1v) is 5.78. The Morgan fingerprint density at radius 3 is 2.89 bits per heavy atom. The number of nitrogens with one attached hydrogen (secondary N) is 1. The number of carbonyl (C=O) groups is 1. The SMILES string of the molecule is COC(=O)C(CC(C)C)Nc1ncccc1C#N. The monoisotopic (exact) mass is 247 g/mol. The van der Waals surface area contributed by atoms with Crippen LogP contribution in [0.5, 0.6) is 0 Å². The summed E-state index contributed by atoms with van der Waals surface area (Å²) in [5.74, 6) is 0.394. The van der Waals surface area contributed by atoms with Crippen LogP contribution in [0.25, 0.3) is 0 Å². The smallest absolute Gasteiger partial charge is 0.328 e. The molecule has 0 amide bonds. The van der Waals surface area contributed by atoms with Crippen LogP contribution in [0, 0.1) is 17.2 Å². The Labute approximate surface area is 107 Å². The van der Waals surface area contributed by atoms with E-state index in [-0.39, 0.29) is 5.97 Å². The molecule has 5 heteroatoms. The molecule has 0 radical (unpaired) electrons. The molecule has 5 nitrogen and oxygen atoms in total. The predicted molar refractivity (Wildman–Crippen MR) is 67.8 cm³/mol. The fraction of sp³-hybridized carbons (Fsp3) is 0.462. The maximum atomic E-state index is 11.7. The molecule has 96 valence electrons. The average Bonchev–Trinajstić information content (AvgIpc) is 2.37. The van der Waals surface area contributed by atoms with E-state index in [9.17, 15) is 4.79 Å². The van der Waals surface area contributed by atoms with E-state index >= 15 is 0 Å². The largest absolute Gasteiger partial charge is 0.467 e. The maximum Gasteiger partial charge on any atom is 0.328 e. The number of aromatic nitrogens is 1. The summed E-state index contributed by atoms with van der Waals surface area (Å²) in [7, 11) is 1.35. The molecule has 0 aliphatic carbocycles. The van der Waals surface area contributed by atoms with Crippen molar-refractivity contribution in [3.05, 3.63) is 23.9 Å². The molecular weight excluding hydrogens is 230 g/mol. The minimum absolute atomic E-state index is 0.329. The Hall–Kier alpha value is -2.09. The topological polar surface area (TPSA) is 75.0 Å². The first-order chi connectivity index (χ1) is 8.58. The summed E-state index contributed by atoms with van der Waals surface area (Å²) in [6, 6.07) is 4.88. The van der Waals surface area contributed by atoms with Gasteiger partial charge in [-0.05, 0) is 24.5 Å². The zero-order chi connectivity index (χ0) is 13.5. The van der Waals surface area contributed by atoms with Crippen LogP contribution >= 0.6 is 0 Å². The Kier molecular flexibility index (Phi) is 5.12. The number of hydrogen-bond donors (Lipinski definition) is 1. The van der Waals surface area contributed by atoms with Crippen molar-refractivity contribution in [2.24, 2.45) is 5.92 Å². The normalized spacial score (nSPS) is 11.7. The van der Waals surface area contributed by atoms with E-state index in [4.69, 9.17) is 10.00 Å². The molecule has 0 bridgehead atoms. The van der Waals surface area contributed by atoms with Gasteiger partial charge < -0.3 is 10.1 Å². The van der Waals surface area contributed by atoms with Crippen LogP contribution in [-0.2, 0) is 9.53 Å². The van der Waals surface area contributed by atoms with Gasteiger partial charge in [-0.1, -0.05) is 13.8 Å². The number of carbonyl (C=O) groups excluding carboxylic acids is 1. The van der Waals surface area contributed by atoms with Crippen LogP contribution in [0.2, 0.25) is 0 Å². The highest BCUT2D eigenvalue weighted by Crippen LogP contribution is 2.15. The molecule has 1 aromatic rings. The summed E-state index contributed by atoms with van der Waals surface area (Å²) in [5.41, 5.74) is 0.412. The molecule has 0 saturated carbocycles. The lowest BCUT2D eigenvalue weighted by atomic mass is 10.0. The minimum Gasteiger partial charge on any atom is -0.467 e. The molecule has 1 unspecified atom stereocenters. The second-order valence-corrected chi connectivity index (χ2v) is 4.36. The molecule has 0 aromatic carbocycles. The van der Waals surface area contributed by atoms with E-state index in [2.05, 4.69) is 10.3 Å². The number of methoxy groups -OCH3 is 1. The third kappa shape index (κ3) is 3.74. The Morgan fingerprint density at radius 1 is 1.61 bits per heavy atom. The van der Waals surface area contributed by atoms with E-state index in [0.717, 1.165) is 0 Å². The van der Waals surface area contributed by atoms with Crippen LogP contribution < -0.4 is 5.32 Å².